The summed E-state index contributed by atoms with van der Waals surface area (Å²) < 4.78 is 19.8. The third-order valence-corrected chi connectivity index (χ3v) is 3.39. The van der Waals surface area contributed by atoms with Gasteiger partial charge < -0.3 is 18.9 Å². The first-order valence-electron chi connectivity index (χ1n) is 8.40. The van der Waals surface area contributed by atoms with E-state index in [1.165, 1.54) is 0 Å². The normalized spacial score (nSPS) is 10.2. The van der Waals surface area contributed by atoms with Gasteiger partial charge in [0.05, 0.1) is 5.41 Å². The summed E-state index contributed by atoms with van der Waals surface area (Å²) in [6.07, 6.45) is 11.6. The van der Waals surface area contributed by atoms with E-state index >= 15 is 0 Å². The zero-order valence-electron chi connectivity index (χ0n) is 15.5. The molecule has 8 heteroatoms. The SMILES string of the molecule is C#CCCCC(=O)OCC(C)(COC(=O)CCCC#C)COC(=O)OCCl. The van der Waals surface area contributed by atoms with Gasteiger partial charge in [-0.15, -0.1) is 24.7 Å². The second-order valence-electron chi connectivity index (χ2n) is 6.04. The van der Waals surface area contributed by atoms with Gasteiger partial charge in [-0.3, -0.25) is 9.59 Å². The maximum absolute atomic E-state index is 11.8. The van der Waals surface area contributed by atoms with Crippen LogP contribution in [0.4, 0.5) is 4.79 Å². The Kier molecular flexibility index (Phi) is 13.5. The van der Waals surface area contributed by atoms with Gasteiger partial charge in [-0.1, -0.05) is 11.6 Å². The summed E-state index contributed by atoms with van der Waals surface area (Å²) >= 11 is 5.28. The number of hydrogen-bond acceptors (Lipinski definition) is 7. The van der Waals surface area contributed by atoms with Crippen LogP contribution < -0.4 is 0 Å². The number of terminal acetylenes is 2. The maximum atomic E-state index is 11.8. The Balaban J connectivity index is 4.61. The van der Waals surface area contributed by atoms with Crippen LogP contribution in [0.25, 0.3) is 0 Å². The molecule has 0 aliphatic heterocycles. The molecule has 0 aromatic carbocycles. The van der Waals surface area contributed by atoms with Gasteiger partial charge >= 0.3 is 18.1 Å². The summed E-state index contributed by atoms with van der Waals surface area (Å²) in [6.45, 7) is 1.21. The number of rotatable bonds is 13. The van der Waals surface area contributed by atoms with Crippen molar-refractivity contribution in [2.45, 2.75) is 45.4 Å². The molecule has 0 fully saturated rings. The van der Waals surface area contributed by atoms with Crippen LogP contribution in [0.1, 0.15) is 45.4 Å². The molecule has 0 amide bonds. The first-order valence-corrected chi connectivity index (χ1v) is 8.94. The number of halogens is 1. The Morgan fingerprint density at radius 3 is 1.70 bits per heavy atom. The van der Waals surface area contributed by atoms with E-state index in [1.54, 1.807) is 6.92 Å². The second kappa shape index (κ2) is 14.8. The maximum Gasteiger partial charge on any atom is 0.509 e. The fourth-order valence-electron chi connectivity index (χ4n) is 1.77. The predicted molar refractivity (Wildman–Crippen MR) is 98.5 cm³/mol. The topological polar surface area (TPSA) is 88.1 Å². The molecule has 0 saturated carbocycles. The zero-order chi connectivity index (χ0) is 20.5. The van der Waals surface area contributed by atoms with Crippen LogP contribution >= 0.6 is 11.6 Å². The molecule has 0 aliphatic carbocycles. The van der Waals surface area contributed by atoms with Gasteiger partial charge in [0.25, 0.3) is 0 Å². The highest BCUT2D eigenvalue weighted by atomic mass is 35.5. The standard InChI is InChI=1S/C19H25ClO7/c1-4-6-8-10-16(21)24-12-19(3,14-26-18(23)27-15-20)13-25-17(22)11-9-7-5-2/h1-2H,6-15H2,3H3. The summed E-state index contributed by atoms with van der Waals surface area (Å²) in [4.78, 5) is 34.8. The number of ether oxygens (including phenoxy) is 4. The minimum absolute atomic E-state index is 0.117. The lowest BCUT2D eigenvalue weighted by atomic mass is 9.94. The van der Waals surface area contributed by atoms with Crippen molar-refractivity contribution in [3.63, 3.8) is 0 Å². The molecule has 0 atom stereocenters. The Morgan fingerprint density at radius 2 is 1.30 bits per heavy atom. The van der Waals surface area contributed by atoms with E-state index in [1.807, 2.05) is 0 Å². The van der Waals surface area contributed by atoms with Crippen LogP contribution in [-0.4, -0.2) is 44.0 Å². The quantitative estimate of drug-likeness (QED) is 0.154. The molecule has 0 aromatic heterocycles. The van der Waals surface area contributed by atoms with Gasteiger partial charge in [0, 0.05) is 25.7 Å². The van der Waals surface area contributed by atoms with Crippen molar-refractivity contribution in [3.05, 3.63) is 0 Å². The highest BCUT2D eigenvalue weighted by Crippen LogP contribution is 2.20. The lowest BCUT2D eigenvalue weighted by Gasteiger charge is -2.27. The monoisotopic (exact) mass is 400 g/mol. The largest absolute Gasteiger partial charge is 0.509 e. The van der Waals surface area contributed by atoms with Gasteiger partial charge in [-0.2, -0.15) is 0 Å². The average Bonchev–Trinajstić information content (AvgIpc) is 2.64. The summed E-state index contributed by atoms with van der Waals surface area (Å²) in [5.74, 6) is 3.98. The summed E-state index contributed by atoms with van der Waals surface area (Å²) in [6, 6.07) is -0.357. The van der Waals surface area contributed by atoms with E-state index in [-0.39, 0.29) is 38.7 Å². The molecule has 0 unspecified atom stereocenters. The molecule has 0 heterocycles. The van der Waals surface area contributed by atoms with E-state index in [0.717, 1.165) is 0 Å². The summed E-state index contributed by atoms with van der Waals surface area (Å²) in [5, 5.41) is 0. The third kappa shape index (κ3) is 13.5. The molecule has 27 heavy (non-hydrogen) atoms. The molecule has 0 N–H and O–H groups in total. The van der Waals surface area contributed by atoms with Gasteiger partial charge in [-0.05, 0) is 19.8 Å². The Hall–Kier alpha value is -2.38. The van der Waals surface area contributed by atoms with E-state index in [2.05, 4.69) is 16.6 Å². The van der Waals surface area contributed by atoms with Gasteiger partial charge in [0.15, 0.2) is 6.07 Å². The van der Waals surface area contributed by atoms with Gasteiger partial charge in [0.2, 0.25) is 0 Å². The smallest absolute Gasteiger partial charge is 0.465 e. The van der Waals surface area contributed by atoms with Crippen molar-refractivity contribution in [3.8, 4) is 24.7 Å². The molecule has 0 aliphatic rings. The Morgan fingerprint density at radius 1 is 0.852 bits per heavy atom. The van der Waals surface area contributed by atoms with E-state index < -0.39 is 23.5 Å². The molecular formula is C19H25ClO7. The van der Waals surface area contributed by atoms with Crippen LogP contribution in [0.2, 0.25) is 0 Å². The van der Waals surface area contributed by atoms with Crippen LogP contribution in [0.5, 0.6) is 0 Å². The molecule has 0 radical (unpaired) electrons. The van der Waals surface area contributed by atoms with Crippen LogP contribution in [0.15, 0.2) is 0 Å². The third-order valence-electron chi connectivity index (χ3n) is 3.28. The first-order chi connectivity index (χ1) is 12.9. The fraction of sp³-hybridized carbons (Fsp3) is 0.632. The predicted octanol–water partition coefficient (Wildman–Crippen LogP) is 3.04. The number of carbonyl (C=O) groups excluding carboxylic acids is 3. The van der Waals surface area contributed by atoms with Crippen molar-refractivity contribution in [2.24, 2.45) is 5.41 Å². The molecule has 0 aromatic rings. The number of unbranched alkanes of at least 4 members (excludes halogenated alkanes) is 2. The number of esters is 2. The molecular weight excluding hydrogens is 376 g/mol. The molecule has 0 spiro atoms. The summed E-state index contributed by atoms with van der Waals surface area (Å²) in [5.41, 5.74) is -0.950. The number of alkyl halides is 1. The Labute approximate surface area is 165 Å². The van der Waals surface area contributed by atoms with Gasteiger partial charge in [0.1, 0.15) is 19.8 Å². The van der Waals surface area contributed by atoms with Crippen molar-refractivity contribution in [2.75, 3.05) is 25.9 Å². The van der Waals surface area contributed by atoms with Crippen LogP contribution in [-0.2, 0) is 28.5 Å². The van der Waals surface area contributed by atoms with Crippen molar-refractivity contribution < 1.29 is 33.3 Å². The zero-order valence-corrected chi connectivity index (χ0v) is 16.2. The lowest BCUT2D eigenvalue weighted by Crippen LogP contribution is -2.37. The van der Waals surface area contributed by atoms with E-state index in [9.17, 15) is 14.4 Å². The second-order valence-corrected chi connectivity index (χ2v) is 6.26. The van der Waals surface area contributed by atoms with Crippen molar-refractivity contribution in [1.29, 1.82) is 0 Å². The minimum Gasteiger partial charge on any atom is -0.465 e. The van der Waals surface area contributed by atoms with Crippen molar-refractivity contribution >= 4 is 29.7 Å². The van der Waals surface area contributed by atoms with Crippen LogP contribution in [0, 0.1) is 30.1 Å². The van der Waals surface area contributed by atoms with Gasteiger partial charge in [-0.25, -0.2) is 4.79 Å². The average molecular weight is 401 g/mol. The molecule has 0 saturated heterocycles. The van der Waals surface area contributed by atoms with E-state index in [4.69, 9.17) is 38.7 Å². The van der Waals surface area contributed by atoms with E-state index in [0.29, 0.717) is 25.7 Å². The summed E-state index contributed by atoms with van der Waals surface area (Å²) in [7, 11) is 0. The van der Waals surface area contributed by atoms with Crippen molar-refractivity contribution in [1.82, 2.24) is 0 Å². The first kappa shape index (κ1) is 24.6. The highest BCUT2D eigenvalue weighted by Gasteiger charge is 2.31. The number of hydrogen-bond donors (Lipinski definition) is 0. The molecule has 150 valence electrons. The molecule has 7 nitrogen and oxygen atoms in total. The molecule has 0 rings (SSSR count). The Bertz CT molecular complexity index is 523. The fourth-order valence-corrected chi connectivity index (χ4v) is 1.86. The highest BCUT2D eigenvalue weighted by molar-refractivity contribution is 6.17. The minimum atomic E-state index is -0.975. The number of carbonyl (C=O) groups is 3. The lowest BCUT2D eigenvalue weighted by molar-refractivity contribution is -0.155. The van der Waals surface area contributed by atoms with Crippen LogP contribution in [0.3, 0.4) is 0 Å². The molecule has 0 bridgehead atoms.